The minimum Gasteiger partial charge on any atom is -0.480 e. The van der Waals surface area contributed by atoms with Crippen molar-refractivity contribution in [3.63, 3.8) is 0 Å². The number of hydrogen-bond donors (Lipinski definition) is 1. The molecule has 1 fully saturated rings. The zero-order chi connectivity index (χ0) is 16.1. The Morgan fingerprint density at radius 3 is 2.82 bits per heavy atom. The molecule has 7 heteroatoms. The Hall–Kier alpha value is -1.89. The lowest BCUT2D eigenvalue weighted by molar-refractivity contribution is -0.146. The molecule has 1 atom stereocenters. The van der Waals surface area contributed by atoms with Gasteiger partial charge in [-0.25, -0.2) is 0 Å². The second-order valence-corrected chi connectivity index (χ2v) is 6.24. The fraction of sp³-hybridized carbons (Fsp3) is 0.533. The van der Waals surface area contributed by atoms with Gasteiger partial charge in [-0.3, -0.25) is 14.4 Å². The van der Waals surface area contributed by atoms with E-state index in [0.29, 0.717) is 30.8 Å². The molecule has 2 heterocycles. The van der Waals surface area contributed by atoms with Crippen molar-refractivity contribution >= 4 is 29.1 Å². The third-order valence-electron chi connectivity index (χ3n) is 3.66. The van der Waals surface area contributed by atoms with E-state index in [0.717, 1.165) is 6.42 Å². The molecule has 1 aliphatic rings. The summed E-state index contributed by atoms with van der Waals surface area (Å²) < 4.78 is 0. The monoisotopic (exact) mass is 324 g/mol. The highest BCUT2D eigenvalue weighted by Crippen LogP contribution is 2.23. The van der Waals surface area contributed by atoms with Crippen molar-refractivity contribution in [3.05, 3.63) is 22.4 Å². The zero-order valence-corrected chi connectivity index (χ0v) is 13.3. The first-order valence-corrected chi connectivity index (χ1v) is 8.27. The van der Waals surface area contributed by atoms with Crippen LogP contribution in [0.2, 0.25) is 0 Å². The van der Waals surface area contributed by atoms with Gasteiger partial charge in [-0.05, 0) is 30.7 Å². The van der Waals surface area contributed by atoms with E-state index in [1.54, 1.807) is 17.0 Å². The summed E-state index contributed by atoms with van der Waals surface area (Å²) in [5.41, 5.74) is 0. The molecule has 6 nitrogen and oxygen atoms in total. The molecule has 0 bridgehead atoms. The molecule has 1 aliphatic heterocycles. The number of carbonyl (C=O) groups is 3. The Morgan fingerprint density at radius 2 is 2.23 bits per heavy atom. The van der Waals surface area contributed by atoms with Crippen LogP contribution in [0.1, 0.15) is 35.9 Å². The predicted molar refractivity (Wildman–Crippen MR) is 82.9 cm³/mol. The van der Waals surface area contributed by atoms with Crippen molar-refractivity contribution in [2.45, 2.75) is 32.2 Å². The van der Waals surface area contributed by atoms with Gasteiger partial charge in [0.2, 0.25) is 5.91 Å². The van der Waals surface area contributed by atoms with E-state index in [9.17, 15) is 14.4 Å². The summed E-state index contributed by atoms with van der Waals surface area (Å²) in [7, 11) is 0. The molecule has 1 N–H and O–H groups in total. The van der Waals surface area contributed by atoms with Gasteiger partial charge < -0.3 is 14.9 Å². The van der Waals surface area contributed by atoms with Crippen molar-refractivity contribution < 1.29 is 19.5 Å². The van der Waals surface area contributed by atoms with Crippen LogP contribution in [0.15, 0.2) is 17.5 Å². The molecule has 0 radical (unpaired) electrons. The molecule has 0 saturated carbocycles. The second kappa shape index (κ2) is 7.40. The molecular formula is C15H20N2O4S. The standard InChI is InChI=1S/C15H20N2O4S/c1-2-7-16(10-13(18)19)14(20)11-5-3-8-17(11)15(21)12-6-4-9-22-12/h4,6,9,11H,2-3,5,7-8,10H2,1H3,(H,18,19)/t11-/m0/s1. The number of rotatable bonds is 6. The molecule has 1 saturated heterocycles. The third-order valence-corrected chi connectivity index (χ3v) is 4.52. The van der Waals surface area contributed by atoms with Crippen LogP contribution < -0.4 is 0 Å². The first kappa shape index (κ1) is 16.5. The number of hydrogen-bond acceptors (Lipinski definition) is 4. The van der Waals surface area contributed by atoms with Crippen LogP contribution in [0.5, 0.6) is 0 Å². The smallest absolute Gasteiger partial charge is 0.323 e. The number of nitrogens with zero attached hydrogens (tertiary/aromatic N) is 2. The molecule has 0 aliphatic carbocycles. The molecule has 120 valence electrons. The van der Waals surface area contributed by atoms with E-state index >= 15 is 0 Å². The molecular weight excluding hydrogens is 304 g/mol. The molecule has 0 spiro atoms. The highest BCUT2D eigenvalue weighted by atomic mass is 32.1. The third kappa shape index (κ3) is 3.65. The van der Waals surface area contributed by atoms with Gasteiger partial charge in [0.25, 0.3) is 5.91 Å². The normalized spacial score (nSPS) is 17.5. The van der Waals surface area contributed by atoms with Crippen LogP contribution in [0.3, 0.4) is 0 Å². The molecule has 0 unspecified atom stereocenters. The predicted octanol–water partition coefficient (Wildman–Crippen LogP) is 1.68. The van der Waals surface area contributed by atoms with Gasteiger partial charge in [0, 0.05) is 13.1 Å². The van der Waals surface area contributed by atoms with Crippen molar-refractivity contribution in [1.82, 2.24) is 9.80 Å². The second-order valence-electron chi connectivity index (χ2n) is 5.29. The van der Waals surface area contributed by atoms with Gasteiger partial charge in [0.1, 0.15) is 12.6 Å². The van der Waals surface area contributed by atoms with E-state index in [1.807, 2.05) is 12.3 Å². The first-order chi connectivity index (χ1) is 10.5. The van der Waals surface area contributed by atoms with Gasteiger partial charge in [0.15, 0.2) is 0 Å². The lowest BCUT2D eigenvalue weighted by Gasteiger charge is -2.29. The fourth-order valence-corrected chi connectivity index (χ4v) is 3.40. The quantitative estimate of drug-likeness (QED) is 0.863. The number of aliphatic carboxylic acids is 1. The van der Waals surface area contributed by atoms with E-state index in [-0.39, 0.29) is 18.4 Å². The highest BCUT2D eigenvalue weighted by Gasteiger charge is 2.37. The van der Waals surface area contributed by atoms with Crippen molar-refractivity contribution in [1.29, 1.82) is 0 Å². The summed E-state index contributed by atoms with van der Waals surface area (Å²) in [6.45, 7) is 2.51. The van der Waals surface area contributed by atoms with Crippen LogP contribution >= 0.6 is 11.3 Å². The van der Waals surface area contributed by atoms with Crippen LogP contribution in [0.25, 0.3) is 0 Å². The molecule has 1 aromatic heterocycles. The Morgan fingerprint density at radius 1 is 1.45 bits per heavy atom. The van der Waals surface area contributed by atoms with Crippen LogP contribution in [-0.4, -0.2) is 58.4 Å². The van der Waals surface area contributed by atoms with Gasteiger partial charge in [0.05, 0.1) is 4.88 Å². The summed E-state index contributed by atoms with van der Waals surface area (Å²) in [5, 5.41) is 10.8. The van der Waals surface area contributed by atoms with Crippen molar-refractivity contribution in [2.24, 2.45) is 0 Å². The topological polar surface area (TPSA) is 77.9 Å². The van der Waals surface area contributed by atoms with Crippen LogP contribution in [0, 0.1) is 0 Å². The number of carboxylic acids is 1. The Labute approximate surface area is 133 Å². The van der Waals surface area contributed by atoms with E-state index in [4.69, 9.17) is 5.11 Å². The highest BCUT2D eigenvalue weighted by molar-refractivity contribution is 7.12. The average Bonchev–Trinajstić information content (AvgIpc) is 3.16. The van der Waals surface area contributed by atoms with Gasteiger partial charge in [-0.2, -0.15) is 0 Å². The maximum Gasteiger partial charge on any atom is 0.323 e. The number of amides is 2. The SMILES string of the molecule is CCCN(CC(=O)O)C(=O)[C@@H]1CCCN1C(=O)c1cccs1. The number of carboxylic acid groups (broad SMARTS) is 1. The lowest BCUT2D eigenvalue weighted by atomic mass is 10.1. The van der Waals surface area contributed by atoms with E-state index < -0.39 is 12.0 Å². The van der Waals surface area contributed by atoms with E-state index in [2.05, 4.69) is 0 Å². The van der Waals surface area contributed by atoms with Gasteiger partial charge >= 0.3 is 5.97 Å². The maximum absolute atomic E-state index is 12.6. The van der Waals surface area contributed by atoms with Crippen molar-refractivity contribution in [2.75, 3.05) is 19.6 Å². The van der Waals surface area contributed by atoms with Gasteiger partial charge in [-0.15, -0.1) is 11.3 Å². The molecule has 0 aromatic carbocycles. The minimum atomic E-state index is -1.03. The number of carbonyl (C=O) groups excluding carboxylic acids is 2. The summed E-state index contributed by atoms with van der Waals surface area (Å²) in [4.78, 5) is 39.6. The van der Waals surface area contributed by atoms with Gasteiger partial charge in [-0.1, -0.05) is 13.0 Å². The molecule has 22 heavy (non-hydrogen) atoms. The lowest BCUT2D eigenvalue weighted by Crippen LogP contribution is -2.49. The number of likely N-dealkylation sites (tertiary alicyclic amines) is 1. The largest absolute Gasteiger partial charge is 0.480 e. The summed E-state index contributed by atoms with van der Waals surface area (Å²) in [6.07, 6.45) is 2.04. The Bertz CT molecular complexity index is 544. The first-order valence-electron chi connectivity index (χ1n) is 7.39. The maximum atomic E-state index is 12.6. The fourth-order valence-electron chi connectivity index (χ4n) is 2.72. The Kier molecular flexibility index (Phi) is 5.54. The molecule has 1 aromatic rings. The Balaban J connectivity index is 2.12. The average molecular weight is 324 g/mol. The number of thiophene rings is 1. The van der Waals surface area contributed by atoms with Crippen LogP contribution in [-0.2, 0) is 9.59 Å². The summed E-state index contributed by atoms with van der Waals surface area (Å²) >= 11 is 1.35. The van der Waals surface area contributed by atoms with Crippen molar-refractivity contribution in [3.8, 4) is 0 Å². The van der Waals surface area contributed by atoms with E-state index in [1.165, 1.54) is 16.2 Å². The summed E-state index contributed by atoms with van der Waals surface area (Å²) in [5.74, 6) is -1.43. The minimum absolute atomic E-state index is 0.141. The zero-order valence-electron chi connectivity index (χ0n) is 12.5. The summed E-state index contributed by atoms with van der Waals surface area (Å²) in [6, 6.07) is 3.01. The van der Waals surface area contributed by atoms with Crippen LogP contribution in [0.4, 0.5) is 0 Å². The molecule has 2 rings (SSSR count). The molecule has 2 amide bonds.